The summed E-state index contributed by atoms with van der Waals surface area (Å²) in [6, 6.07) is 12.6. The van der Waals surface area contributed by atoms with Gasteiger partial charge in [0, 0.05) is 10.6 Å². The zero-order valence-electron chi connectivity index (χ0n) is 17.5. The highest BCUT2D eigenvalue weighted by Crippen LogP contribution is 2.65. The molecule has 0 N–H and O–H groups in total. The highest BCUT2D eigenvalue weighted by atomic mass is 35.5. The van der Waals surface area contributed by atoms with E-state index in [0.29, 0.717) is 28.1 Å². The van der Waals surface area contributed by atoms with Crippen molar-refractivity contribution in [2.24, 2.45) is 35.5 Å². The minimum absolute atomic E-state index is 0.137. The van der Waals surface area contributed by atoms with Gasteiger partial charge in [-0.2, -0.15) is 0 Å². The van der Waals surface area contributed by atoms with E-state index in [1.807, 2.05) is 0 Å². The molecule has 0 radical (unpaired) electrons. The lowest BCUT2D eigenvalue weighted by atomic mass is 9.63. The third-order valence-electron chi connectivity index (χ3n) is 7.50. The first-order chi connectivity index (χ1) is 15.9. The SMILES string of the molecule is O=C(COC(=O)c1cccc(N2C(=O)C3C4C=CC(C5CC45)C3C2=O)c1)c1ccc(Cl)cc1. The van der Waals surface area contributed by atoms with Gasteiger partial charge < -0.3 is 4.74 Å². The third kappa shape index (κ3) is 3.16. The summed E-state index contributed by atoms with van der Waals surface area (Å²) in [6.07, 6.45) is 5.35. The van der Waals surface area contributed by atoms with Crippen molar-refractivity contribution in [3.8, 4) is 0 Å². The Morgan fingerprint density at radius 3 is 2.18 bits per heavy atom. The fourth-order valence-electron chi connectivity index (χ4n) is 5.92. The predicted octanol–water partition coefficient (Wildman–Crippen LogP) is 3.94. The van der Waals surface area contributed by atoms with Crippen LogP contribution in [0.25, 0.3) is 0 Å². The summed E-state index contributed by atoms with van der Waals surface area (Å²) in [6.45, 7) is -0.422. The van der Waals surface area contributed by atoms with Crippen LogP contribution in [-0.4, -0.2) is 30.2 Å². The van der Waals surface area contributed by atoms with Crippen LogP contribution in [0.1, 0.15) is 27.1 Å². The van der Waals surface area contributed by atoms with Crippen LogP contribution in [0.15, 0.2) is 60.7 Å². The molecule has 0 aromatic heterocycles. The molecule has 3 fully saturated rings. The van der Waals surface area contributed by atoms with Crippen LogP contribution >= 0.6 is 11.6 Å². The van der Waals surface area contributed by atoms with E-state index in [1.54, 1.807) is 36.4 Å². The number of benzene rings is 2. The Balaban J connectivity index is 1.18. The summed E-state index contributed by atoms with van der Waals surface area (Å²) >= 11 is 5.83. The van der Waals surface area contributed by atoms with Gasteiger partial charge in [0.05, 0.1) is 23.1 Å². The largest absolute Gasteiger partial charge is 0.454 e. The van der Waals surface area contributed by atoms with Gasteiger partial charge in [-0.05, 0) is 72.6 Å². The summed E-state index contributed by atoms with van der Waals surface area (Å²) < 4.78 is 5.18. The predicted molar refractivity (Wildman–Crippen MR) is 120 cm³/mol. The number of amides is 2. The van der Waals surface area contributed by atoms with Crippen molar-refractivity contribution >= 4 is 40.9 Å². The number of carbonyl (C=O) groups excluding carboxylic acids is 4. The monoisotopic (exact) mass is 461 g/mol. The van der Waals surface area contributed by atoms with Crippen molar-refractivity contribution in [1.29, 1.82) is 0 Å². The summed E-state index contributed by atoms with van der Waals surface area (Å²) in [7, 11) is 0. The molecule has 166 valence electrons. The fraction of sp³-hybridized carbons (Fsp3) is 0.308. The van der Waals surface area contributed by atoms with Crippen molar-refractivity contribution in [2.45, 2.75) is 6.42 Å². The molecule has 6 unspecified atom stereocenters. The van der Waals surface area contributed by atoms with Gasteiger partial charge in [-0.25, -0.2) is 9.69 Å². The molecule has 1 saturated heterocycles. The van der Waals surface area contributed by atoms with Crippen LogP contribution < -0.4 is 4.90 Å². The molecular formula is C26H20ClNO5. The fourth-order valence-corrected chi connectivity index (χ4v) is 6.04. The first-order valence-corrected chi connectivity index (χ1v) is 11.4. The lowest BCUT2D eigenvalue weighted by molar-refractivity contribution is -0.124. The summed E-state index contributed by atoms with van der Waals surface area (Å²) in [5, 5.41) is 0.507. The van der Waals surface area contributed by atoms with Crippen molar-refractivity contribution in [2.75, 3.05) is 11.5 Å². The highest BCUT2D eigenvalue weighted by molar-refractivity contribution is 6.30. The summed E-state index contributed by atoms with van der Waals surface area (Å²) in [4.78, 5) is 52.7. The maximum Gasteiger partial charge on any atom is 0.338 e. The zero-order valence-corrected chi connectivity index (χ0v) is 18.3. The number of carbonyl (C=O) groups is 4. The Kier molecular flexibility index (Phi) is 4.56. The van der Waals surface area contributed by atoms with E-state index in [4.69, 9.17) is 16.3 Å². The van der Waals surface area contributed by atoms with E-state index in [0.717, 1.165) is 6.42 Å². The first-order valence-electron chi connectivity index (χ1n) is 11.1. The Morgan fingerprint density at radius 2 is 1.55 bits per heavy atom. The molecule has 6 atom stereocenters. The Morgan fingerprint density at radius 1 is 0.909 bits per heavy atom. The topological polar surface area (TPSA) is 80.8 Å². The molecule has 1 aliphatic heterocycles. The molecule has 7 rings (SSSR count). The van der Waals surface area contributed by atoms with E-state index in [9.17, 15) is 19.2 Å². The number of allylic oxidation sites excluding steroid dienone is 2. The van der Waals surface area contributed by atoms with Crippen LogP contribution in [-0.2, 0) is 14.3 Å². The number of halogens is 1. The van der Waals surface area contributed by atoms with E-state index in [-0.39, 0.29) is 46.8 Å². The number of ketones is 1. The van der Waals surface area contributed by atoms with Crippen LogP contribution in [0.5, 0.6) is 0 Å². The van der Waals surface area contributed by atoms with Gasteiger partial charge in [0.1, 0.15) is 0 Å². The van der Waals surface area contributed by atoms with Crippen molar-refractivity contribution < 1.29 is 23.9 Å². The average molecular weight is 462 g/mol. The number of nitrogens with zero attached hydrogens (tertiary/aromatic N) is 1. The average Bonchev–Trinajstić information content (AvgIpc) is 3.61. The maximum atomic E-state index is 13.3. The van der Waals surface area contributed by atoms with E-state index < -0.39 is 12.6 Å². The van der Waals surface area contributed by atoms with Crippen molar-refractivity contribution in [1.82, 2.24) is 0 Å². The Labute approximate surface area is 195 Å². The smallest absolute Gasteiger partial charge is 0.338 e. The number of anilines is 1. The summed E-state index contributed by atoms with van der Waals surface area (Å²) in [5.74, 6) is -0.693. The van der Waals surface area contributed by atoms with E-state index >= 15 is 0 Å². The Hall–Kier alpha value is -3.25. The number of ether oxygens (including phenoxy) is 1. The van der Waals surface area contributed by atoms with Crippen LogP contribution in [0.3, 0.4) is 0 Å². The lowest BCUT2D eigenvalue weighted by Crippen LogP contribution is -2.40. The molecule has 33 heavy (non-hydrogen) atoms. The minimum Gasteiger partial charge on any atom is -0.454 e. The number of Topliss-reactive ketones (excluding diaryl/α,β-unsaturated/α-hetero) is 1. The molecule has 1 heterocycles. The molecule has 5 aliphatic rings. The number of hydrogen-bond acceptors (Lipinski definition) is 5. The second-order valence-corrected chi connectivity index (χ2v) is 9.66. The quantitative estimate of drug-likeness (QED) is 0.291. The number of hydrogen-bond donors (Lipinski definition) is 0. The maximum absolute atomic E-state index is 13.3. The minimum atomic E-state index is -0.696. The second kappa shape index (κ2) is 7.39. The molecular weight excluding hydrogens is 442 g/mol. The van der Waals surface area contributed by atoms with Gasteiger partial charge in [-0.15, -0.1) is 0 Å². The Bertz CT molecular complexity index is 1200. The van der Waals surface area contributed by atoms with Gasteiger partial charge in [0.15, 0.2) is 12.4 Å². The molecule has 0 spiro atoms. The molecule has 2 amide bonds. The van der Waals surface area contributed by atoms with Crippen LogP contribution in [0.2, 0.25) is 5.02 Å². The second-order valence-electron chi connectivity index (χ2n) is 9.22. The molecule has 7 heteroatoms. The highest BCUT2D eigenvalue weighted by Gasteiger charge is 2.67. The molecule has 2 bridgehead atoms. The van der Waals surface area contributed by atoms with Crippen LogP contribution in [0.4, 0.5) is 5.69 Å². The van der Waals surface area contributed by atoms with Gasteiger partial charge in [0.25, 0.3) is 0 Å². The van der Waals surface area contributed by atoms with Crippen molar-refractivity contribution in [3.05, 3.63) is 76.8 Å². The van der Waals surface area contributed by atoms with Crippen LogP contribution in [0, 0.1) is 35.5 Å². The molecule has 4 aliphatic carbocycles. The molecule has 2 aromatic carbocycles. The molecule has 2 aromatic rings. The van der Waals surface area contributed by atoms with E-state index in [2.05, 4.69) is 12.2 Å². The standard InChI is InChI=1S/C26H20ClNO5/c27-15-6-4-13(5-7-15)21(29)12-33-26(32)14-2-1-3-16(10-14)28-24(30)22-17-8-9-18(20-11-19(17)20)23(22)25(28)31/h1-10,17-20,22-23H,11-12H2. The number of esters is 1. The van der Waals surface area contributed by atoms with Gasteiger partial charge in [-0.3, -0.25) is 14.4 Å². The normalized spacial score (nSPS) is 30.8. The zero-order chi connectivity index (χ0) is 22.9. The van der Waals surface area contributed by atoms with Gasteiger partial charge in [0.2, 0.25) is 11.8 Å². The number of imide groups is 1. The van der Waals surface area contributed by atoms with Crippen molar-refractivity contribution in [3.63, 3.8) is 0 Å². The molecule has 2 saturated carbocycles. The molecule has 6 nitrogen and oxygen atoms in total. The first kappa shape index (κ1) is 20.4. The summed E-state index contributed by atoms with van der Waals surface area (Å²) in [5.41, 5.74) is 0.930. The number of rotatable bonds is 5. The lowest BCUT2D eigenvalue weighted by Gasteiger charge is -2.37. The third-order valence-corrected chi connectivity index (χ3v) is 7.76. The van der Waals surface area contributed by atoms with Gasteiger partial charge in [-0.1, -0.05) is 29.8 Å². The van der Waals surface area contributed by atoms with E-state index in [1.165, 1.54) is 17.0 Å². The van der Waals surface area contributed by atoms with Gasteiger partial charge >= 0.3 is 5.97 Å².